The first-order valence-electron chi connectivity index (χ1n) is 6.30. The van der Waals surface area contributed by atoms with E-state index in [1.54, 1.807) is 0 Å². The van der Waals surface area contributed by atoms with Crippen molar-refractivity contribution in [1.29, 1.82) is 0 Å². The molecule has 1 aliphatic heterocycles. The molecule has 0 saturated heterocycles. The van der Waals surface area contributed by atoms with Gasteiger partial charge in [-0.15, -0.1) is 0 Å². The van der Waals surface area contributed by atoms with Crippen LogP contribution in [0.15, 0.2) is 11.8 Å². The average Bonchev–Trinajstić information content (AvgIpc) is 2.26. The molecule has 1 saturated carbocycles. The molecular formula is C13H21NO2. The summed E-state index contributed by atoms with van der Waals surface area (Å²) in [5.74, 6) is 1.30. The first-order valence-corrected chi connectivity index (χ1v) is 6.30. The lowest BCUT2D eigenvalue weighted by atomic mass is 9.80. The van der Waals surface area contributed by atoms with Gasteiger partial charge in [0.25, 0.3) is 5.91 Å². The number of ether oxygens (including phenoxy) is 1. The highest BCUT2D eigenvalue weighted by molar-refractivity contribution is 5.91. The molecule has 0 aromatic carbocycles. The number of nitrogens with zero attached hydrogens (tertiary/aromatic N) is 1. The Kier molecular flexibility index (Phi) is 3.52. The summed E-state index contributed by atoms with van der Waals surface area (Å²) in [7, 11) is 1.89. The Morgan fingerprint density at radius 1 is 1.50 bits per heavy atom. The third-order valence-electron chi connectivity index (χ3n) is 3.91. The van der Waals surface area contributed by atoms with Gasteiger partial charge in [0.15, 0.2) is 5.76 Å². The van der Waals surface area contributed by atoms with Crippen LogP contribution >= 0.6 is 0 Å². The van der Waals surface area contributed by atoms with Gasteiger partial charge in [-0.2, -0.15) is 0 Å². The van der Waals surface area contributed by atoms with Crippen molar-refractivity contribution < 1.29 is 9.53 Å². The summed E-state index contributed by atoms with van der Waals surface area (Å²) in [5, 5.41) is 0. The van der Waals surface area contributed by atoms with Crippen molar-refractivity contribution in [2.75, 3.05) is 13.7 Å². The number of hydrogen-bond acceptors (Lipinski definition) is 2. The average molecular weight is 223 g/mol. The van der Waals surface area contributed by atoms with E-state index < -0.39 is 0 Å². The number of hydrogen-bond donors (Lipinski definition) is 0. The zero-order valence-corrected chi connectivity index (χ0v) is 10.2. The normalized spacial score (nSPS) is 22.8. The van der Waals surface area contributed by atoms with E-state index in [1.165, 1.54) is 19.3 Å². The highest BCUT2D eigenvalue weighted by atomic mass is 16.5. The Labute approximate surface area is 97.5 Å². The standard InChI is InChI=1S/C13H21NO2/c1-10(11-6-5-7-11)14(2)13(15)12-8-3-4-9-16-12/h8,10-11H,3-7,9H2,1-2H3/t10-/m1/s1. The summed E-state index contributed by atoms with van der Waals surface area (Å²) >= 11 is 0. The van der Waals surface area contributed by atoms with Gasteiger partial charge in [-0.3, -0.25) is 4.79 Å². The maximum Gasteiger partial charge on any atom is 0.288 e. The van der Waals surface area contributed by atoms with E-state index in [1.807, 2.05) is 18.0 Å². The van der Waals surface area contributed by atoms with Crippen LogP contribution in [0.1, 0.15) is 39.0 Å². The molecule has 1 fully saturated rings. The van der Waals surface area contributed by atoms with Gasteiger partial charge in [0.2, 0.25) is 0 Å². The first kappa shape index (κ1) is 11.5. The van der Waals surface area contributed by atoms with E-state index in [2.05, 4.69) is 6.92 Å². The second kappa shape index (κ2) is 4.89. The molecule has 0 bridgehead atoms. The van der Waals surface area contributed by atoms with Gasteiger partial charge in [-0.05, 0) is 44.6 Å². The fourth-order valence-electron chi connectivity index (χ4n) is 2.30. The molecule has 1 heterocycles. The van der Waals surface area contributed by atoms with Crippen molar-refractivity contribution >= 4 is 5.91 Å². The van der Waals surface area contributed by atoms with Crippen LogP contribution in [-0.2, 0) is 9.53 Å². The van der Waals surface area contributed by atoms with Gasteiger partial charge in [0.1, 0.15) is 0 Å². The summed E-state index contributed by atoms with van der Waals surface area (Å²) in [6.07, 6.45) is 7.76. The third-order valence-corrected chi connectivity index (χ3v) is 3.91. The molecule has 0 aromatic heterocycles. The van der Waals surface area contributed by atoms with Crippen molar-refractivity contribution in [2.24, 2.45) is 5.92 Å². The zero-order valence-electron chi connectivity index (χ0n) is 10.2. The highest BCUT2D eigenvalue weighted by Crippen LogP contribution is 2.32. The molecule has 2 aliphatic rings. The molecular weight excluding hydrogens is 202 g/mol. The lowest BCUT2D eigenvalue weighted by Gasteiger charge is -2.37. The Hall–Kier alpha value is -0.990. The van der Waals surface area contributed by atoms with Crippen LogP contribution in [0.25, 0.3) is 0 Å². The summed E-state index contributed by atoms with van der Waals surface area (Å²) in [6, 6.07) is 0.340. The molecule has 1 amide bonds. The highest BCUT2D eigenvalue weighted by Gasteiger charge is 2.30. The van der Waals surface area contributed by atoms with Gasteiger partial charge in [0.05, 0.1) is 6.61 Å². The van der Waals surface area contributed by atoms with Crippen molar-refractivity contribution in [2.45, 2.75) is 45.1 Å². The minimum Gasteiger partial charge on any atom is -0.488 e. The molecule has 0 N–H and O–H groups in total. The molecule has 0 radical (unpaired) electrons. The largest absolute Gasteiger partial charge is 0.488 e. The second-order valence-corrected chi connectivity index (χ2v) is 4.91. The van der Waals surface area contributed by atoms with E-state index in [9.17, 15) is 4.79 Å². The Morgan fingerprint density at radius 2 is 2.25 bits per heavy atom. The lowest BCUT2D eigenvalue weighted by Crippen LogP contribution is -2.43. The van der Waals surface area contributed by atoms with Crippen LogP contribution in [0.3, 0.4) is 0 Å². The Bertz CT molecular complexity index is 294. The van der Waals surface area contributed by atoms with Crippen molar-refractivity contribution in [3.63, 3.8) is 0 Å². The maximum atomic E-state index is 12.1. The van der Waals surface area contributed by atoms with Crippen LogP contribution in [-0.4, -0.2) is 30.5 Å². The summed E-state index contributed by atoms with van der Waals surface area (Å²) in [5.41, 5.74) is 0. The molecule has 16 heavy (non-hydrogen) atoms. The van der Waals surface area contributed by atoms with Gasteiger partial charge in [0, 0.05) is 13.1 Å². The van der Waals surface area contributed by atoms with E-state index in [0.29, 0.717) is 24.3 Å². The number of rotatable bonds is 3. The molecule has 2 rings (SSSR count). The molecule has 1 atom stereocenters. The minimum absolute atomic E-state index is 0.0547. The minimum atomic E-state index is 0.0547. The fraction of sp³-hybridized carbons (Fsp3) is 0.769. The van der Waals surface area contributed by atoms with Crippen LogP contribution in [0, 0.1) is 5.92 Å². The number of allylic oxidation sites excluding steroid dienone is 1. The smallest absolute Gasteiger partial charge is 0.288 e. The predicted octanol–water partition coefficient (Wildman–Crippen LogP) is 2.33. The van der Waals surface area contributed by atoms with Crippen LogP contribution in [0.4, 0.5) is 0 Å². The summed E-state index contributed by atoms with van der Waals surface area (Å²) in [4.78, 5) is 14.0. The number of amides is 1. The topological polar surface area (TPSA) is 29.5 Å². The van der Waals surface area contributed by atoms with Crippen molar-refractivity contribution in [1.82, 2.24) is 4.90 Å². The summed E-state index contributed by atoms with van der Waals surface area (Å²) in [6.45, 7) is 2.83. The van der Waals surface area contributed by atoms with E-state index in [-0.39, 0.29) is 5.91 Å². The number of likely N-dealkylation sites (N-methyl/N-ethyl adjacent to an activating group) is 1. The quantitative estimate of drug-likeness (QED) is 0.735. The monoisotopic (exact) mass is 223 g/mol. The molecule has 3 heteroatoms. The van der Waals surface area contributed by atoms with Crippen LogP contribution in [0.5, 0.6) is 0 Å². The van der Waals surface area contributed by atoms with Crippen LogP contribution in [0.2, 0.25) is 0 Å². The Morgan fingerprint density at radius 3 is 2.75 bits per heavy atom. The van der Waals surface area contributed by atoms with Gasteiger partial charge in [-0.25, -0.2) is 0 Å². The van der Waals surface area contributed by atoms with Gasteiger partial charge >= 0.3 is 0 Å². The molecule has 0 aromatic rings. The lowest BCUT2D eigenvalue weighted by molar-refractivity contribution is -0.133. The first-order chi connectivity index (χ1) is 7.70. The molecule has 3 nitrogen and oxygen atoms in total. The Balaban J connectivity index is 1.94. The third kappa shape index (κ3) is 2.23. The SMILES string of the molecule is C[C@H](C1CCC1)N(C)C(=O)C1=CCCCO1. The maximum absolute atomic E-state index is 12.1. The van der Waals surface area contributed by atoms with Gasteiger partial charge in [-0.1, -0.05) is 6.42 Å². The molecule has 90 valence electrons. The number of carbonyl (C=O) groups is 1. The van der Waals surface area contributed by atoms with E-state index in [0.717, 1.165) is 12.8 Å². The van der Waals surface area contributed by atoms with Crippen molar-refractivity contribution in [3.05, 3.63) is 11.8 Å². The molecule has 1 aliphatic carbocycles. The van der Waals surface area contributed by atoms with Crippen LogP contribution < -0.4 is 0 Å². The fourth-order valence-corrected chi connectivity index (χ4v) is 2.30. The summed E-state index contributed by atoms with van der Waals surface area (Å²) < 4.78 is 5.41. The number of carbonyl (C=O) groups excluding carboxylic acids is 1. The molecule has 0 unspecified atom stereocenters. The molecule has 0 spiro atoms. The van der Waals surface area contributed by atoms with E-state index in [4.69, 9.17) is 4.74 Å². The van der Waals surface area contributed by atoms with Crippen molar-refractivity contribution in [3.8, 4) is 0 Å². The van der Waals surface area contributed by atoms with Gasteiger partial charge < -0.3 is 9.64 Å². The van der Waals surface area contributed by atoms with E-state index >= 15 is 0 Å². The predicted molar refractivity (Wildman–Crippen MR) is 62.8 cm³/mol. The second-order valence-electron chi connectivity index (χ2n) is 4.91. The zero-order chi connectivity index (χ0) is 11.5.